The number of hydrogen-bond acceptors (Lipinski definition) is 2. The van der Waals surface area contributed by atoms with Crippen molar-refractivity contribution >= 4 is 5.91 Å². The minimum atomic E-state index is -2.50. The summed E-state index contributed by atoms with van der Waals surface area (Å²) in [4.78, 5) is 13.7. The highest BCUT2D eigenvalue weighted by atomic mass is 19.3. The molecule has 19 heavy (non-hydrogen) atoms. The predicted octanol–water partition coefficient (Wildman–Crippen LogP) is 2.70. The number of carbonyl (C=O) groups excluding carboxylic acids is 1. The zero-order valence-electron chi connectivity index (χ0n) is 10.8. The summed E-state index contributed by atoms with van der Waals surface area (Å²) >= 11 is 0. The van der Waals surface area contributed by atoms with Crippen molar-refractivity contribution in [1.82, 2.24) is 4.90 Å². The largest absolute Gasteiger partial charge is 0.380 e. The zero-order valence-corrected chi connectivity index (χ0v) is 10.8. The lowest BCUT2D eigenvalue weighted by Crippen LogP contribution is -2.37. The third kappa shape index (κ3) is 3.50. The maximum Gasteiger partial charge on any atom is 0.255 e. The second-order valence-electron chi connectivity index (χ2n) is 4.67. The van der Waals surface area contributed by atoms with Crippen LogP contribution in [0.1, 0.15) is 28.8 Å². The zero-order chi connectivity index (χ0) is 13.8. The predicted molar refractivity (Wildman–Crippen MR) is 67.2 cm³/mol. The highest BCUT2D eigenvalue weighted by Crippen LogP contribution is 2.29. The van der Waals surface area contributed by atoms with Crippen LogP contribution >= 0.6 is 0 Å². The van der Waals surface area contributed by atoms with Crippen LogP contribution < -0.4 is 0 Å². The van der Waals surface area contributed by atoms with Gasteiger partial charge < -0.3 is 9.64 Å². The first-order chi connectivity index (χ1) is 9.13. The molecule has 0 aliphatic heterocycles. The van der Waals surface area contributed by atoms with E-state index in [1.165, 1.54) is 4.90 Å². The number of amides is 1. The summed E-state index contributed by atoms with van der Waals surface area (Å²) in [5, 5.41) is 0. The lowest BCUT2D eigenvalue weighted by Gasteiger charge is -2.23. The fourth-order valence-corrected chi connectivity index (χ4v) is 2.10. The Morgan fingerprint density at radius 3 is 2.68 bits per heavy atom. The van der Waals surface area contributed by atoms with Crippen molar-refractivity contribution in [2.45, 2.75) is 31.9 Å². The van der Waals surface area contributed by atoms with Crippen LogP contribution in [0.15, 0.2) is 24.3 Å². The van der Waals surface area contributed by atoms with Gasteiger partial charge in [0, 0.05) is 18.7 Å². The van der Waals surface area contributed by atoms with Gasteiger partial charge in [-0.15, -0.1) is 0 Å². The summed E-state index contributed by atoms with van der Waals surface area (Å²) in [5.74, 6) is -0.324. The van der Waals surface area contributed by atoms with E-state index in [4.69, 9.17) is 4.74 Å². The van der Waals surface area contributed by atoms with Crippen LogP contribution in [0.2, 0.25) is 0 Å². The van der Waals surface area contributed by atoms with E-state index in [1.54, 1.807) is 31.4 Å². The molecule has 1 aliphatic carbocycles. The third-order valence-electron chi connectivity index (χ3n) is 3.13. The molecule has 1 amide bonds. The molecule has 1 saturated carbocycles. The molecule has 5 heteroatoms. The van der Waals surface area contributed by atoms with Crippen molar-refractivity contribution in [3.63, 3.8) is 0 Å². The second-order valence-corrected chi connectivity index (χ2v) is 4.67. The molecule has 0 atom stereocenters. The van der Waals surface area contributed by atoms with E-state index in [1.807, 2.05) is 0 Å². The minimum Gasteiger partial charge on any atom is -0.380 e. The molecule has 0 aromatic heterocycles. The Bertz CT molecular complexity index is 447. The molecule has 0 radical (unpaired) electrons. The smallest absolute Gasteiger partial charge is 0.255 e. The van der Waals surface area contributed by atoms with Crippen molar-refractivity contribution in [3.8, 4) is 0 Å². The van der Waals surface area contributed by atoms with Crippen LogP contribution in [-0.2, 0) is 11.3 Å². The van der Waals surface area contributed by atoms with Crippen molar-refractivity contribution < 1.29 is 18.3 Å². The van der Waals surface area contributed by atoms with Crippen molar-refractivity contribution in [2.75, 3.05) is 13.7 Å². The monoisotopic (exact) mass is 269 g/mol. The number of nitrogens with zero attached hydrogens (tertiary/aromatic N) is 1. The molecular weight excluding hydrogens is 252 g/mol. The van der Waals surface area contributed by atoms with E-state index in [0.717, 1.165) is 18.4 Å². The number of methoxy groups -OCH3 is 1. The average molecular weight is 269 g/mol. The molecule has 2 rings (SSSR count). The molecule has 1 aliphatic rings. The van der Waals surface area contributed by atoms with Gasteiger partial charge in [0.25, 0.3) is 12.3 Å². The van der Waals surface area contributed by atoms with Gasteiger partial charge in [0.2, 0.25) is 0 Å². The van der Waals surface area contributed by atoms with Gasteiger partial charge in [0.05, 0.1) is 13.2 Å². The van der Waals surface area contributed by atoms with Crippen LogP contribution in [0.25, 0.3) is 0 Å². The number of hydrogen-bond donors (Lipinski definition) is 0. The van der Waals surface area contributed by atoms with Crippen molar-refractivity contribution in [3.05, 3.63) is 35.4 Å². The van der Waals surface area contributed by atoms with Gasteiger partial charge in [-0.05, 0) is 24.5 Å². The van der Waals surface area contributed by atoms with Gasteiger partial charge in [-0.1, -0.05) is 18.2 Å². The first kappa shape index (κ1) is 13.9. The van der Waals surface area contributed by atoms with Crippen molar-refractivity contribution in [2.24, 2.45) is 0 Å². The summed E-state index contributed by atoms with van der Waals surface area (Å²) in [5.41, 5.74) is 1.19. The van der Waals surface area contributed by atoms with Gasteiger partial charge in [-0.3, -0.25) is 4.79 Å². The third-order valence-corrected chi connectivity index (χ3v) is 3.13. The maximum atomic E-state index is 12.6. The molecule has 0 spiro atoms. The lowest BCUT2D eigenvalue weighted by molar-refractivity contribution is 0.0530. The van der Waals surface area contributed by atoms with Crippen LogP contribution in [0.5, 0.6) is 0 Å². The number of halogens is 2. The first-order valence-electron chi connectivity index (χ1n) is 6.29. The molecule has 0 bridgehead atoms. The maximum absolute atomic E-state index is 12.6. The van der Waals surface area contributed by atoms with Gasteiger partial charge >= 0.3 is 0 Å². The SMILES string of the molecule is COCc1ccccc1C(=O)N(CC(F)F)C1CC1. The normalized spacial score (nSPS) is 14.7. The van der Waals surface area contributed by atoms with Gasteiger partial charge in [-0.25, -0.2) is 8.78 Å². The van der Waals surface area contributed by atoms with E-state index in [2.05, 4.69) is 0 Å². The van der Waals surface area contributed by atoms with Crippen LogP contribution in [0.4, 0.5) is 8.78 Å². The van der Waals surface area contributed by atoms with Gasteiger partial charge in [0.15, 0.2) is 0 Å². The quantitative estimate of drug-likeness (QED) is 0.794. The Morgan fingerprint density at radius 1 is 1.42 bits per heavy atom. The molecule has 104 valence electrons. The van der Waals surface area contributed by atoms with E-state index in [-0.39, 0.29) is 11.9 Å². The van der Waals surface area contributed by atoms with E-state index in [9.17, 15) is 13.6 Å². The summed E-state index contributed by atoms with van der Waals surface area (Å²) < 4.78 is 30.2. The van der Waals surface area contributed by atoms with Gasteiger partial charge in [0.1, 0.15) is 0 Å². The molecule has 1 aromatic rings. The van der Waals surface area contributed by atoms with Crippen LogP contribution in [-0.4, -0.2) is 36.9 Å². The Hall–Kier alpha value is -1.49. The van der Waals surface area contributed by atoms with E-state index >= 15 is 0 Å². The van der Waals surface area contributed by atoms with Crippen molar-refractivity contribution in [1.29, 1.82) is 0 Å². The highest BCUT2D eigenvalue weighted by molar-refractivity contribution is 5.96. The Labute approximate surface area is 111 Å². The number of rotatable bonds is 6. The molecule has 1 aromatic carbocycles. The van der Waals surface area contributed by atoms with Crippen LogP contribution in [0.3, 0.4) is 0 Å². The summed E-state index contributed by atoms with van der Waals surface area (Å²) in [6, 6.07) is 6.96. The Kier molecular flexibility index (Phi) is 4.47. The number of benzene rings is 1. The fourth-order valence-electron chi connectivity index (χ4n) is 2.10. The Balaban J connectivity index is 2.21. The van der Waals surface area contributed by atoms with E-state index in [0.29, 0.717) is 12.2 Å². The molecule has 0 saturated heterocycles. The van der Waals surface area contributed by atoms with E-state index < -0.39 is 13.0 Å². The summed E-state index contributed by atoms with van der Waals surface area (Å²) in [6.45, 7) is -0.195. The molecule has 0 heterocycles. The summed E-state index contributed by atoms with van der Waals surface area (Å²) in [6.07, 6.45) is -0.880. The number of ether oxygens (including phenoxy) is 1. The molecule has 0 N–H and O–H groups in total. The second kappa shape index (κ2) is 6.10. The minimum absolute atomic E-state index is 0.0305. The standard InChI is InChI=1S/C14H17F2NO2/c1-19-9-10-4-2-3-5-12(10)14(18)17(8-13(15)16)11-6-7-11/h2-5,11,13H,6-9H2,1H3. The average Bonchev–Trinajstić information content (AvgIpc) is 3.20. The molecule has 1 fully saturated rings. The highest BCUT2D eigenvalue weighted by Gasteiger charge is 2.35. The molecular formula is C14H17F2NO2. The topological polar surface area (TPSA) is 29.5 Å². The molecule has 3 nitrogen and oxygen atoms in total. The lowest BCUT2D eigenvalue weighted by atomic mass is 10.1. The number of alkyl halides is 2. The van der Waals surface area contributed by atoms with Gasteiger partial charge in [-0.2, -0.15) is 0 Å². The first-order valence-corrected chi connectivity index (χ1v) is 6.29. The summed E-state index contributed by atoms with van der Waals surface area (Å²) in [7, 11) is 1.54. The fraction of sp³-hybridized carbons (Fsp3) is 0.500. The van der Waals surface area contributed by atoms with Crippen LogP contribution in [0, 0.1) is 0 Å². The molecule has 0 unspecified atom stereocenters. The Morgan fingerprint density at radius 2 is 2.11 bits per heavy atom. The number of carbonyl (C=O) groups is 1.